The predicted molar refractivity (Wildman–Crippen MR) is 103 cm³/mol. The molecule has 1 aromatic rings. The summed E-state index contributed by atoms with van der Waals surface area (Å²) in [4.78, 5) is 33.6. The van der Waals surface area contributed by atoms with Crippen molar-refractivity contribution < 1.29 is 9.59 Å². The number of hydrogen-bond acceptors (Lipinski definition) is 5. The van der Waals surface area contributed by atoms with Crippen molar-refractivity contribution >= 4 is 46.2 Å². The van der Waals surface area contributed by atoms with Gasteiger partial charge in [-0.2, -0.15) is 0 Å². The topological polar surface area (TPSA) is 53.0 Å². The van der Waals surface area contributed by atoms with Gasteiger partial charge in [0.15, 0.2) is 5.17 Å². The Bertz CT molecular complexity index is 766. The summed E-state index contributed by atoms with van der Waals surface area (Å²) in [6.45, 7) is 4.76. The predicted octanol–water partition coefficient (Wildman–Crippen LogP) is 3.01. The minimum atomic E-state index is -0.356. The van der Waals surface area contributed by atoms with Crippen molar-refractivity contribution in [1.29, 1.82) is 0 Å². The van der Waals surface area contributed by atoms with Crippen LogP contribution in [0.3, 0.4) is 0 Å². The van der Waals surface area contributed by atoms with Crippen LogP contribution in [0.4, 0.5) is 5.69 Å². The fourth-order valence-corrected chi connectivity index (χ4v) is 6.05. The van der Waals surface area contributed by atoms with Crippen LogP contribution in [0.15, 0.2) is 29.3 Å². The molecule has 2 atom stereocenters. The van der Waals surface area contributed by atoms with E-state index < -0.39 is 0 Å². The molecular weight excluding hydrogens is 354 g/mol. The molecule has 3 heterocycles. The zero-order valence-corrected chi connectivity index (χ0v) is 16.0. The summed E-state index contributed by atoms with van der Waals surface area (Å²) in [6, 6.07) is 7.58. The Morgan fingerprint density at radius 3 is 2.96 bits per heavy atom. The number of amides is 2. The lowest BCUT2D eigenvalue weighted by Crippen LogP contribution is -2.51. The number of fused-ring (bicyclic) bond motifs is 1. The summed E-state index contributed by atoms with van der Waals surface area (Å²) < 4.78 is 0. The van der Waals surface area contributed by atoms with E-state index in [9.17, 15) is 9.59 Å². The maximum atomic E-state index is 13.2. The van der Waals surface area contributed by atoms with Gasteiger partial charge in [-0.15, -0.1) is 11.8 Å². The molecule has 2 amide bonds. The molecule has 0 bridgehead atoms. The van der Waals surface area contributed by atoms with E-state index in [4.69, 9.17) is 4.99 Å². The molecule has 5 nitrogen and oxygen atoms in total. The van der Waals surface area contributed by atoms with Crippen LogP contribution in [0.1, 0.15) is 25.3 Å². The van der Waals surface area contributed by atoms with Crippen LogP contribution in [-0.2, 0) is 9.59 Å². The Morgan fingerprint density at radius 1 is 1.36 bits per heavy atom. The second-order valence-electron chi connectivity index (χ2n) is 6.78. The molecule has 0 radical (unpaired) electrons. The van der Waals surface area contributed by atoms with Gasteiger partial charge in [-0.25, -0.2) is 4.99 Å². The number of benzene rings is 1. The summed E-state index contributed by atoms with van der Waals surface area (Å²) in [5.41, 5.74) is 1.99. The smallest absolute Gasteiger partial charge is 0.252 e. The van der Waals surface area contributed by atoms with Gasteiger partial charge < -0.3 is 4.90 Å². The molecule has 0 aliphatic carbocycles. The first kappa shape index (κ1) is 17.0. The first-order valence-electron chi connectivity index (χ1n) is 8.54. The van der Waals surface area contributed by atoms with E-state index >= 15 is 0 Å². The third-order valence-electron chi connectivity index (χ3n) is 5.10. The largest absolute Gasteiger partial charge is 0.315 e. The average Bonchev–Trinajstić information content (AvgIpc) is 3.26. The van der Waals surface area contributed by atoms with Crippen LogP contribution < -0.4 is 0 Å². The second-order valence-corrected chi connectivity index (χ2v) is 9.35. The first-order chi connectivity index (χ1) is 12.0. The van der Waals surface area contributed by atoms with Crippen LogP contribution in [0, 0.1) is 6.92 Å². The molecule has 4 rings (SSSR count). The van der Waals surface area contributed by atoms with E-state index in [1.807, 2.05) is 36.1 Å². The van der Waals surface area contributed by atoms with Crippen molar-refractivity contribution in [2.45, 2.75) is 37.6 Å². The molecule has 1 aromatic carbocycles. The standard InChI is InChI=1S/C18H21N3O2S2/c1-12-5-3-4-6-13(12)19-17-20(9-10-24-17)16(23)14-11-25-18(2)8-7-15(22)21(14)18/h3-6,14H,7-11H2,1-2H3/t14-,18-/m1/s1. The van der Waals surface area contributed by atoms with Crippen molar-refractivity contribution in [1.82, 2.24) is 9.80 Å². The third kappa shape index (κ3) is 2.87. The van der Waals surface area contributed by atoms with Gasteiger partial charge >= 0.3 is 0 Å². The lowest BCUT2D eigenvalue weighted by molar-refractivity contribution is -0.141. The van der Waals surface area contributed by atoms with Gasteiger partial charge in [-0.3, -0.25) is 14.5 Å². The highest BCUT2D eigenvalue weighted by atomic mass is 32.2. The zero-order valence-electron chi connectivity index (χ0n) is 14.4. The molecule has 132 valence electrons. The van der Waals surface area contributed by atoms with Gasteiger partial charge in [-0.1, -0.05) is 30.0 Å². The number of aliphatic imine (C=N–C) groups is 1. The van der Waals surface area contributed by atoms with Crippen LogP contribution in [0.5, 0.6) is 0 Å². The van der Waals surface area contributed by atoms with Crippen LogP contribution in [0.2, 0.25) is 0 Å². The Balaban J connectivity index is 1.60. The number of para-hydroxylation sites is 1. The van der Waals surface area contributed by atoms with Crippen LogP contribution >= 0.6 is 23.5 Å². The van der Waals surface area contributed by atoms with Gasteiger partial charge in [-0.05, 0) is 31.9 Å². The number of hydrogen-bond donors (Lipinski definition) is 0. The van der Waals surface area contributed by atoms with E-state index in [2.05, 4.69) is 6.92 Å². The highest BCUT2D eigenvalue weighted by molar-refractivity contribution is 8.14. The van der Waals surface area contributed by atoms with Gasteiger partial charge in [0, 0.05) is 24.5 Å². The molecule has 3 aliphatic rings. The Hall–Kier alpha value is -1.47. The maximum Gasteiger partial charge on any atom is 0.252 e. The van der Waals surface area contributed by atoms with Crippen molar-refractivity contribution in [3.05, 3.63) is 29.8 Å². The van der Waals surface area contributed by atoms with Crippen molar-refractivity contribution in [2.24, 2.45) is 4.99 Å². The Labute approximate surface area is 156 Å². The van der Waals surface area contributed by atoms with Gasteiger partial charge in [0.25, 0.3) is 5.91 Å². The van der Waals surface area contributed by atoms with Crippen molar-refractivity contribution in [3.8, 4) is 0 Å². The molecule has 3 saturated heterocycles. The fraction of sp³-hybridized carbons (Fsp3) is 0.500. The van der Waals surface area contributed by atoms with Gasteiger partial charge in [0.05, 0.1) is 10.6 Å². The fourth-order valence-electron chi connectivity index (χ4n) is 3.67. The minimum absolute atomic E-state index is 0.0174. The van der Waals surface area contributed by atoms with Crippen LogP contribution in [0.25, 0.3) is 0 Å². The highest BCUT2D eigenvalue weighted by Gasteiger charge is 2.54. The number of nitrogens with zero attached hydrogens (tertiary/aromatic N) is 3. The lowest BCUT2D eigenvalue weighted by atomic mass is 10.2. The molecule has 3 aliphatic heterocycles. The first-order valence-corrected chi connectivity index (χ1v) is 10.5. The molecule has 3 fully saturated rings. The molecule has 25 heavy (non-hydrogen) atoms. The highest BCUT2D eigenvalue weighted by Crippen LogP contribution is 2.47. The molecule has 7 heteroatoms. The molecule has 0 unspecified atom stereocenters. The number of rotatable bonds is 2. The summed E-state index contributed by atoms with van der Waals surface area (Å²) in [6.07, 6.45) is 1.38. The normalized spacial score (nSPS) is 30.4. The number of carbonyl (C=O) groups is 2. The monoisotopic (exact) mass is 375 g/mol. The molecule has 0 N–H and O–H groups in total. The molecule has 0 spiro atoms. The van der Waals surface area contributed by atoms with Crippen molar-refractivity contribution in [3.63, 3.8) is 0 Å². The molecule has 0 saturated carbocycles. The molecular formula is C18H21N3O2S2. The summed E-state index contributed by atoms with van der Waals surface area (Å²) >= 11 is 3.34. The number of amidine groups is 1. The minimum Gasteiger partial charge on any atom is -0.315 e. The third-order valence-corrected chi connectivity index (χ3v) is 7.57. The number of carbonyl (C=O) groups excluding carboxylic acids is 2. The van der Waals surface area contributed by atoms with E-state index in [0.29, 0.717) is 18.7 Å². The Morgan fingerprint density at radius 2 is 2.16 bits per heavy atom. The number of thioether (sulfide) groups is 2. The zero-order chi connectivity index (χ0) is 17.6. The van der Waals surface area contributed by atoms with E-state index in [0.717, 1.165) is 28.6 Å². The second kappa shape index (κ2) is 6.36. The van der Waals surface area contributed by atoms with E-state index in [-0.39, 0.29) is 22.7 Å². The molecule has 0 aromatic heterocycles. The van der Waals surface area contributed by atoms with E-state index in [1.165, 1.54) is 0 Å². The quantitative estimate of drug-likeness (QED) is 0.797. The van der Waals surface area contributed by atoms with Crippen LogP contribution in [-0.4, -0.2) is 55.7 Å². The summed E-state index contributed by atoms with van der Waals surface area (Å²) in [5.74, 6) is 1.65. The SMILES string of the molecule is Cc1ccccc1N=C1SCCN1C(=O)[C@H]1CS[C@]2(C)CCC(=O)N12. The summed E-state index contributed by atoms with van der Waals surface area (Å²) in [7, 11) is 0. The number of aryl methyl sites for hydroxylation is 1. The van der Waals surface area contributed by atoms with Gasteiger partial charge in [0.2, 0.25) is 5.91 Å². The van der Waals surface area contributed by atoms with Gasteiger partial charge in [0.1, 0.15) is 6.04 Å². The maximum absolute atomic E-state index is 13.2. The summed E-state index contributed by atoms with van der Waals surface area (Å²) in [5, 5.41) is 0.754. The average molecular weight is 376 g/mol. The van der Waals surface area contributed by atoms with Crippen molar-refractivity contribution in [2.75, 3.05) is 18.1 Å². The van der Waals surface area contributed by atoms with E-state index in [1.54, 1.807) is 28.4 Å². The Kier molecular flexibility index (Phi) is 4.32. The lowest BCUT2D eigenvalue weighted by Gasteiger charge is -2.31.